The molecule has 2 heterocycles. The molecule has 2 rings (SSSR count). The highest BCUT2D eigenvalue weighted by molar-refractivity contribution is 6.32. The van der Waals surface area contributed by atoms with Crippen molar-refractivity contribution in [3.63, 3.8) is 0 Å². The SMILES string of the molecule is COC(=O)c1cc(C)cc(C(C)=O)n1.Cc1cc(Cl)nc(Cl)c1. The lowest BCUT2D eigenvalue weighted by atomic mass is 10.2. The number of ether oxygens (including phenoxy) is 1. The lowest BCUT2D eigenvalue weighted by Crippen LogP contribution is -2.08. The summed E-state index contributed by atoms with van der Waals surface area (Å²) in [7, 11) is 1.28. The van der Waals surface area contributed by atoms with Crippen LogP contribution >= 0.6 is 23.2 Å². The molecule has 7 heteroatoms. The van der Waals surface area contributed by atoms with E-state index in [1.807, 2.05) is 6.92 Å². The Kier molecular flexibility index (Phi) is 7.13. The van der Waals surface area contributed by atoms with E-state index in [0.29, 0.717) is 10.3 Å². The molecule has 0 aliphatic rings. The van der Waals surface area contributed by atoms with Crippen molar-refractivity contribution in [1.82, 2.24) is 9.97 Å². The Morgan fingerprint density at radius 3 is 1.83 bits per heavy atom. The van der Waals surface area contributed by atoms with Crippen molar-refractivity contribution >= 4 is 35.0 Å². The van der Waals surface area contributed by atoms with E-state index in [9.17, 15) is 9.59 Å². The highest BCUT2D eigenvalue weighted by Gasteiger charge is 2.11. The third kappa shape index (κ3) is 6.34. The van der Waals surface area contributed by atoms with Gasteiger partial charge in [-0.25, -0.2) is 14.8 Å². The van der Waals surface area contributed by atoms with Crippen LogP contribution in [0, 0.1) is 13.8 Å². The van der Waals surface area contributed by atoms with Gasteiger partial charge in [-0.2, -0.15) is 0 Å². The van der Waals surface area contributed by atoms with Crippen molar-refractivity contribution in [2.45, 2.75) is 20.8 Å². The van der Waals surface area contributed by atoms with Crippen molar-refractivity contribution in [2.75, 3.05) is 7.11 Å². The van der Waals surface area contributed by atoms with Gasteiger partial charge >= 0.3 is 5.97 Å². The van der Waals surface area contributed by atoms with Crippen LogP contribution in [0.4, 0.5) is 0 Å². The number of ketones is 1. The molecule has 0 aliphatic carbocycles. The fourth-order valence-electron chi connectivity index (χ4n) is 1.64. The first-order valence-corrected chi connectivity index (χ1v) is 7.36. The Labute approximate surface area is 144 Å². The highest BCUT2D eigenvalue weighted by Crippen LogP contribution is 2.12. The minimum atomic E-state index is -0.531. The third-order valence-electron chi connectivity index (χ3n) is 2.63. The number of aryl methyl sites for hydroxylation is 2. The first kappa shape index (κ1) is 19.1. The summed E-state index contributed by atoms with van der Waals surface area (Å²) in [5, 5.41) is 0.889. The zero-order valence-corrected chi connectivity index (χ0v) is 14.7. The van der Waals surface area contributed by atoms with Crippen LogP contribution in [0.1, 0.15) is 39.0 Å². The summed E-state index contributed by atoms with van der Waals surface area (Å²) in [6, 6.07) is 6.73. The lowest BCUT2D eigenvalue weighted by Gasteiger charge is -2.02. The molecule has 0 amide bonds. The maximum atomic E-state index is 11.1. The lowest BCUT2D eigenvalue weighted by molar-refractivity contribution is 0.0594. The number of hydrogen-bond acceptors (Lipinski definition) is 5. The largest absolute Gasteiger partial charge is 0.464 e. The predicted molar refractivity (Wildman–Crippen MR) is 89.3 cm³/mol. The topological polar surface area (TPSA) is 69.2 Å². The van der Waals surface area contributed by atoms with E-state index < -0.39 is 5.97 Å². The monoisotopic (exact) mass is 354 g/mol. The van der Waals surface area contributed by atoms with Crippen LogP contribution in [0.5, 0.6) is 0 Å². The molecule has 0 atom stereocenters. The van der Waals surface area contributed by atoms with Gasteiger partial charge in [0.05, 0.1) is 7.11 Å². The Morgan fingerprint density at radius 2 is 1.39 bits per heavy atom. The van der Waals surface area contributed by atoms with Crippen molar-refractivity contribution in [3.05, 3.63) is 57.1 Å². The van der Waals surface area contributed by atoms with Gasteiger partial charge in [-0.3, -0.25) is 4.79 Å². The maximum absolute atomic E-state index is 11.1. The van der Waals surface area contributed by atoms with Crippen LogP contribution in [-0.4, -0.2) is 28.8 Å². The van der Waals surface area contributed by atoms with Gasteiger partial charge in [-0.15, -0.1) is 0 Å². The number of aromatic nitrogens is 2. The number of carbonyl (C=O) groups excluding carboxylic acids is 2. The van der Waals surface area contributed by atoms with Gasteiger partial charge < -0.3 is 4.74 Å². The average Bonchev–Trinajstić information content (AvgIpc) is 2.44. The quantitative estimate of drug-likeness (QED) is 0.461. The van der Waals surface area contributed by atoms with Gasteiger partial charge in [0.2, 0.25) is 0 Å². The molecule has 2 aromatic heterocycles. The van der Waals surface area contributed by atoms with Crippen LogP contribution in [-0.2, 0) is 4.74 Å². The summed E-state index contributed by atoms with van der Waals surface area (Å²) in [6.45, 7) is 5.11. The smallest absolute Gasteiger partial charge is 0.356 e. The normalized spacial score (nSPS) is 9.65. The molecule has 0 aromatic carbocycles. The number of esters is 1. The van der Waals surface area contributed by atoms with Crippen LogP contribution in [0.2, 0.25) is 10.3 Å². The summed E-state index contributed by atoms with van der Waals surface area (Å²) in [5.74, 6) is -0.699. The van der Waals surface area contributed by atoms with Gasteiger partial charge in [-0.05, 0) is 49.2 Å². The molecule has 0 bridgehead atoms. The summed E-state index contributed by atoms with van der Waals surface area (Å²) in [4.78, 5) is 29.8. The predicted octanol–water partition coefficient (Wildman–Crippen LogP) is 4.08. The van der Waals surface area contributed by atoms with Gasteiger partial charge in [0, 0.05) is 6.92 Å². The number of nitrogens with zero attached hydrogens (tertiary/aromatic N) is 2. The molecule has 2 aromatic rings. The number of halogens is 2. The third-order valence-corrected chi connectivity index (χ3v) is 3.02. The molecule has 0 spiro atoms. The molecule has 0 N–H and O–H groups in total. The van der Waals surface area contributed by atoms with Crippen molar-refractivity contribution in [3.8, 4) is 0 Å². The summed E-state index contributed by atoms with van der Waals surface area (Å²) in [5.41, 5.74) is 2.29. The number of rotatable bonds is 2. The van der Waals surface area contributed by atoms with E-state index in [2.05, 4.69) is 14.7 Å². The minimum Gasteiger partial charge on any atom is -0.464 e. The Hall–Kier alpha value is -1.98. The first-order valence-electron chi connectivity index (χ1n) is 6.60. The van der Waals surface area contributed by atoms with Crippen LogP contribution < -0.4 is 0 Å². The maximum Gasteiger partial charge on any atom is 0.356 e. The Balaban J connectivity index is 0.000000253. The van der Waals surface area contributed by atoms with Crippen LogP contribution in [0.15, 0.2) is 24.3 Å². The summed E-state index contributed by atoms with van der Waals surface area (Å²) < 4.78 is 4.51. The van der Waals surface area contributed by atoms with Crippen molar-refractivity contribution < 1.29 is 14.3 Å². The molecule has 0 radical (unpaired) electrons. The molecule has 5 nitrogen and oxygen atoms in total. The van der Waals surface area contributed by atoms with E-state index >= 15 is 0 Å². The second kappa shape index (κ2) is 8.60. The van der Waals surface area contributed by atoms with E-state index in [1.165, 1.54) is 14.0 Å². The first-order chi connectivity index (χ1) is 10.7. The molecule has 23 heavy (non-hydrogen) atoms. The second-order valence-corrected chi connectivity index (χ2v) is 5.53. The van der Waals surface area contributed by atoms with E-state index in [-0.39, 0.29) is 17.2 Å². The van der Waals surface area contributed by atoms with Crippen LogP contribution in [0.25, 0.3) is 0 Å². The van der Waals surface area contributed by atoms with E-state index in [4.69, 9.17) is 23.2 Å². The van der Waals surface area contributed by atoms with Gasteiger partial charge in [0.1, 0.15) is 21.7 Å². The van der Waals surface area contributed by atoms with Gasteiger partial charge in [-0.1, -0.05) is 23.2 Å². The second-order valence-electron chi connectivity index (χ2n) is 4.75. The fourth-order valence-corrected chi connectivity index (χ4v) is 2.21. The number of pyridine rings is 2. The molecule has 122 valence electrons. The molecular formula is C16H16Cl2N2O3. The molecule has 0 saturated heterocycles. The Morgan fingerprint density at radius 1 is 0.913 bits per heavy atom. The van der Waals surface area contributed by atoms with E-state index in [0.717, 1.165) is 11.1 Å². The van der Waals surface area contributed by atoms with Crippen LogP contribution in [0.3, 0.4) is 0 Å². The molecule has 0 unspecified atom stereocenters. The zero-order chi connectivity index (χ0) is 17.6. The standard InChI is InChI=1S/C10H11NO3.C6H5Cl2N/c1-6-4-8(7(2)12)11-9(5-6)10(13)14-3;1-4-2-5(7)9-6(8)3-4/h4-5H,1-3H3;2-3H,1H3. The Bertz CT molecular complexity index is 683. The molecule has 0 aliphatic heterocycles. The molecule has 0 fully saturated rings. The van der Waals surface area contributed by atoms with Crippen molar-refractivity contribution in [1.29, 1.82) is 0 Å². The van der Waals surface area contributed by atoms with Gasteiger partial charge in [0.25, 0.3) is 0 Å². The minimum absolute atomic E-state index is 0.165. The summed E-state index contributed by atoms with van der Waals surface area (Å²) >= 11 is 11.1. The average molecular weight is 355 g/mol. The molecule has 0 saturated carbocycles. The number of hydrogen-bond donors (Lipinski definition) is 0. The summed E-state index contributed by atoms with van der Waals surface area (Å²) in [6.07, 6.45) is 0. The number of carbonyl (C=O) groups is 2. The molecular weight excluding hydrogens is 339 g/mol. The highest BCUT2D eigenvalue weighted by atomic mass is 35.5. The number of methoxy groups -OCH3 is 1. The van der Waals surface area contributed by atoms with Crippen molar-refractivity contribution in [2.24, 2.45) is 0 Å². The van der Waals surface area contributed by atoms with Gasteiger partial charge in [0.15, 0.2) is 5.78 Å². The fraction of sp³-hybridized carbons (Fsp3) is 0.250. The number of Topliss-reactive ketones (excluding diaryl/α,β-unsaturated/α-hetero) is 1. The van der Waals surface area contributed by atoms with E-state index in [1.54, 1.807) is 31.2 Å². The zero-order valence-electron chi connectivity index (χ0n) is 13.2.